The van der Waals surface area contributed by atoms with Crippen molar-refractivity contribution in [3.8, 4) is 0 Å². The van der Waals surface area contributed by atoms with E-state index in [9.17, 15) is 10.1 Å². The summed E-state index contributed by atoms with van der Waals surface area (Å²) in [5.41, 5.74) is 2.04. The van der Waals surface area contributed by atoms with Crippen molar-refractivity contribution in [1.82, 2.24) is 0 Å². The molecule has 3 rings (SSSR count). The lowest BCUT2D eigenvalue weighted by atomic mass is 10.1. The summed E-state index contributed by atoms with van der Waals surface area (Å²) in [6.07, 6.45) is 5.84. The van der Waals surface area contributed by atoms with Gasteiger partial charge in [-0.05, 0) is 30.9 Å². The second-order valence-corrected chi connectivity index (χ2v) is 7.15. The van der Waals surface area contributed by atoms with Crippen LogP contribution in [0.25, 0.3) is 0 Å². The largest absolute Gasteiger partial charge is 0.335 e. The van der Waals surface area contributed by atoms with Crippen LogP contribution >= 0.6 is 11.8 Å². The second kappa shape index (κ2) is 5.67. The maximum Gasteiger partial charge on any atom is 0.269 e. The van der Waals surface area contributed by atoms with Crippen molar-refractivity contribution in [2.75, 3.05) is 11.9 Å². The first kappa shape index (κ1) is 14.4. The summed E-state index contributed by atoms with van der Waals surface area (Å²) < 4.78 is 0.315. The minimum absolute atomic E-state index is 0.144. The first-order valence-electron chi connectivity index (χ1n) is 7.40. The molecule has 1 N–H and O–H groups in total. The number of nitrogens with one attached hydrogen (secondary N) is 1. The van der Waals surface area contributed by atoms with Crippen LogP contribution in [0.5, 0.6) is 0 Å². The van der Waals surface area contributed by atoms with Gasteiger partial charge in [-0.15, -0.1) is 0 Å². The van der Waals surface area contributed by atoms with Gasteiger partial charge in [-0.1, -0.05) is 31.5 Å². The Bertz CT molecular complexity index is 595. The average molecular weight is 305 g/mol. The number of nitro benzene ring substituents is 1. The van der Waals surface area contributed by atoms with Crippen LogP contribution in [0.4, 0.5) is 11.4 Å². The van der Waals surface area contributed by atoms with E-state index in [-0.39, 0.29) is 10.6 Å². The standard InChI is InChI=1S/C15H19N3O2S/c1-2-11-9-12(18(19)20)5-6-13(11)17-14-16-10-15(21-14)7-3-4-8-15/h5-6,9H,2-4,7-8,10H2,1H3,(H,16,17). The predicted molar refractivity (Wildman–Crippen MR) is 87.2 cm³/mol. The highest BCUT2D eigenvalue weighted by atomic mass is 32.2. The number of nitro groups is 1. The van der Waals surface area contributed by atoms with Gasteiger partial charge in [0.15, 0.2) is 5.17 Å². The molecule has 0 bridgehead atoms. The number of rotatable bonds is 3. The van der Waals surface area contributed by atoms with Crippen LogP contribution in [0, 0.1) is 10.1 Å². The molecule has 2 aliphatic rings. The zero-order valence-corrected chi connectivity index (χ0v) is 12.9. The molecule has 1 aliphatic heterocycles. The molecule has 112 valence electrons. The number of thioether (sulfide) groups is 1. The van der Waals surface area contributed by atoms with Gasteiger partial charge in [0.1, 0.15) is 0 Å². The SMILES string of the molecule is CCc1cc([N+](=O)[O-])ccc1NC1=NCC2(CCCC2)S1. The maximum absolute atomic E-state index is 10.9. The summed E-state index contributed by atoms with van der Waals surface area (Å²) >= 11 is 1.85. The number of benzene rings is 1. The monoisotopic (exact) mass is 305 g/mol. The molecule has 1 fully saturated rings. The second-order valence-electron chi connectivity index (χ2n) is 5.69. The molecule has 1 saturated carbocycles. The fourth-order valence-electron chi connectivity index (χ4n) is 3.05. The summed E-state index contributed by atoms with van der Waals surface area (Å²) in [5, 5.41) is 15.2. The molecule has 6 heteroatoms. The van der Waals surface area contributed by atoms with Crippen LogP contribution in [-0.2, 0) is 6.42 Å². The minimum Gasteiger partial charge on any atom is -0.335 e. The molecule has 1 aromatic carbocycles. The number of aryl methyl sites for hydroxylation is 1. The number of non-ortho nitro benzene ring substituents is 1. The van der Waals surface area contributed by atoms with Crippen molar-refractivity contribution in [2.45, 2.75) is 43.8 Å². The van der Waals surface area contributed by atoms with E-state index >= 15 is 0 Å². The van der Waals surface area contributed by atoms with Gasteiger partial charge in [-0.2, -0.15) is 0 Å². The molecule has 0 aromatic heterocycles. The third-order valence-electron chi connectivity index (χ3n) is 4.26. The summed E-state index contributed by atoms with van der Waals surface area (Å²) in [6.45, 7) is 2.90. The Morgan fingerprint density at radius 2 is 2.19 bits per heavy atom. The Hall–Kier alpha value is -1.56. The third-order valence-corrected chi connectivity index (χ3v) is 5.66. The lowest BCUT2D eigenvalue weighted by molar-refractivity contribution is -0.384. The van der Waals surface area contributed by atoms with Gasteiger partial charge in [0.25, 0.3) is 5.69 Å². The molecule has 0 amide bonds. The van der Waals surface area contributed by atoms with Crippen molar-refractivity contribution in [2.24, 2.45) is 4.99 Å². The Balaban J connectivity index is 1.75. The summed E-state index contributed by atoms with van der Waals surface area (Å²) in [5.74, 6) is 0. The van der Waals surface area contributed by atoms with Gasteiger partial charge in [-0.25, -0.2) is 0 Å². The zero-order chi connectivity index (χ0) is 14.9. The molecule has 0 unspecified atom stereocenters. The minimum atomic E-state index is -0.349. The quantitative estimate of drug-likeness (QED) is 0.677. The number of nitrogens with zero attached hydrogens (tertiary/aromatic N) is 2. The van der Waals surface area contributed by atoms with E-state index in [2.05, 4.69) is 10.3 Å². The van der Waals surface area contributed by atoms with E-state index in [1.165, 1.54) is 25.7 Å². The molecule has 21 heavy (non-hydrogen) atoms. The van der Waals surface area contributed by atoms with Crippen LogP contribution in [0.15, 0.2) is 23.2 Å². The van der Waals surface area contributed by atoms with E-state index in [0.717, 1.165) is 29.4 Å². The number of amidine groups is 1. The van der Waals surface area contributed by atoms with Gasteiger partial charge in [0.2, 0.25) is 0 Å². The fourth-order valence-corrected chi connectivity index (χ4v) is 4.38. The molecule has 0 atom stereocenters. The summed E-state index contributed by atoms with van der Waals surface area (Å²) in [4.78, 5) is 15.1. The maximum atomic E-state index is 10.9. The third kappa shape index (κ3) is 2.90. The molecule has 1 heterocycles. The van der Waals surface area contributed by atoms with Crippen LogP contribution in [0.1, 0.15) is 38.2 Å². The van der Waals surface area contributed by atoms with Gasteiger partial charge >= 0.3 is 0 Å². The Morgan fingerprint density at radius 3 is 2.86 bits per heavy atom. The molecule has 1 aromatic rings. The first-order valence-corrected chi connectivity index (χ1v) is 8.21. The van der Waals surface area contributed by atoms with Gasteiger partial charge < -0.3 is 5.32 Å². The molecule has 0 radical (unpaired) electrons. The highest BCUT2D eigenvalue weighted by molar-refractivity contribution is 8.15. The smallest absolute Gasteiger partial charge is 0.269 e. The van der Waals surface area contributed by atoms with E-state index in [1.807, 2.05) is 18.7 Å². The molecular formula is C15H19N3O2S. The van der Waals surface area contributed by atoms with Crippen molar-refractivity contribution in [3.05, 3.63) is 33.9 Å². The molecule has 1 aliphatic carbocycles. The number of hydrogen-bond acceptors (Lipinski definition) is 5. The van der Waals surface area contributed by atoms with Gasteiger partial charge in [0.05, 0.1) is 11.5 Å². The summed E-state index contributed by atoms with van der Waals surface area (Å²) in [7, 11) is 0. The first-order chi connectivity index (χ1) is 10.1. The van der Waals surface area contributed by atoms with E-state index in [0.29, 0.717) is 4.75 Å². The Kier molecular flexibility index (Phi) is 3.89. The highest BCUT2D eigenvalue weighted by Crippen LogP contribution is 2.46. The predicted octanol–water partition coefficient (Wildman–Crippen LogP) is 3.98. The van der Waals surface area contributed by atoms with Gasteiger partial charge in [-0.3, -0.25) is 15.1 Å². The van der Waals surface area contributed by atoms with E-state index in [4.69, 9.17) is 0 Å². The van der Waals surface area contributed by atoms with Crippen LogP contribution < -0.4 is 5.32 Å². The average Bonchev–Trinajstić information content (AvgIpc) is 3.10. The van der Waals surface area contributed by atoms with Crippen molar-refractivity contribution in [1.29, 1.82) is 0 Å². The van der Waals surface area contributed by atoms with Crippen LogP contribution in [0.3, 0.4) is 0 Å². The fraction of sp³-hybridized carbons (Fsp3) is 0.533. The Morgan fingerprint density at radius 1 is 1.43 bits per heavy atom. The molecular weight excluding hydrogens is 286 g/mol. The normalized spacial score (nSPS) is 19.8. The number of hydrogen-bond donors (Lipinski definition) is 1. The van der Waals surface area contributed by atoms with E-state index < -0.39 is 0 Å². The van der Waals surface area contributed by atoms with Crippen LogP contribution in [0.2, 0.25) is 0 Å². The van der Waals surface area contributed by atoms with Crippen LogP contribution in [-0.4, -0.2) is 21.4 Å². The van der Waals surface area contributed by atoms with Crippen molar-refractivity contribution < 1.29 is 4.92 Å². The Labute approximate surface area is 128 Å². The topological polar surface area (TPSA) is 67.5 Å². The number of aliphatic imine (C=N–C) groups is 1. The summed E-state index contributed by atoms with van der Waals surface area (Å²) in [6, 6.07) is 4.99. The molecule has 0 saturated heterocycles. The number of anilines is 1. The molecule has 1 spiro atoms. The van der Waals surface area contributed by atoms with E-state index in [1.54, 1.807) is 18.2 Å². The van der Waals surface area contributed by atoms with Crippen molar-refractivity contribution in [3.63, 3.8) is 0 Å². The van der Waals surface area contributed by atoms with Crippen molar-refractivity contribution >= 4 is 28.3 Å². The highest BCUT2D eigenvalue weighted by Gasteiger charge is 2.39. The molecule has 5 nitrogen and oxygen atoms in total. The lowest BCUT2D eigenvalue weighted by Gasteiger charge is -2.20. The zero-order valence-electron chi connectivity index (χ0n) is 12.1. The van der Waals surface area contributed by atoms with Gasteiger partial charge in [0, 0.05) is 22.6 Å². The lowest BCUT2D eigenvalue weighted by Crippen LogP contribution is -2.21.